The lowest BCUT2D eigenvalue weighted by atomic mass is 10.2. The maximum Gasteiger partial charge on any atom is 0.125 e. The third-order valence-electron chi connectivity index (χ3n) is 2.65. The van der Waals surface area contributed by atoms with E-state index in [1.165, 1.54) is 12.1 Å². The normalized spacial score (nSPS) is 10.9. The summed E-state index contributed by atoms with van der Waals surface area (Å²) in [5.74, 6) is -0.254. The largest absolute Gasteiger partial charge is 0.397 e. The summed E-state index contributed by atoms with van der Waals surface area (Å²) < 4.78 is 13.0. The minimum absolute atomic E-state index is 0.254. The first-order valence-corrected chi connectivity index (χ1v) is 5.22. The van der Waals surface area contributed by atoms with Gasteiger partial charge in [0.2, 0.25) is 0 Å². The Morgan fingerprint density at radius 3 is 2.76 bits per heavy atom. The van der Waals surface area contributed by atoms with E-state index in [2.05, 4.69) is 9.97 Å². The highest BCUT2D eigenvalue weighted by atomic mass is 19.1. The molecule has 0 aliphatic heterocycles. The van der Waals surface area contributed by atoms with Crippen molar-refractivity contribution < 1.29 is 4.39 Å². The highest BCUT2D eigenvalue weighted by Gasteiger charge is 2.04. The van der Waals surface area contributed by atoms with Crippen molar-refractivity contribution in [1.82, 2.24) is 9.97 Å². The van der Waals surface area contributed by atoms with Gasteiger partial charge in [0.1, 0.15) is 5.82 Å². The van der Waals surface area contributed by atoms with E-state index in [1.807, 2.05) is 12.1 Å². The number of nitrogens with one attached hydrogen (secondary N) is 1. The van der Waals surface area contributed by atoms with E-state index in [9.17, 15) is 4.39 Å². The fraction of sp³-hybridized carbons (Fsp3) is 0. The molecule has 3 nitrogen and oxygen atoms in total. The SMILES string of the molecule is Nc1ccc(-c2cc3ccc(F)cc3[nH]2)nc1. The number of fused-ring (bicyclic) bond motifs is 1. The van der Waals surface area contributed by atoms with Crippen LogP contribution in [0.15, 0.2) is 42.6 Å². The van der Waals surface area contributed by atoms with Crippen LogP contribution in [0.3, 0.4) is 0 Å². The number of rotatable bonds is 1. The number of pyridine rings is 1. The quantitative estimate of drug-likeness (QED) is 0.671. The Morgan fingerprint density at radius 2 is 2.00 bits per heavy atom. The number of hydrogen-bond donors (Lipinski definition) is 2. The molecular weight excluding hydrogens is 217 g/mol. The average Bonchev–Trinajstić information content (AvgIpc) is 2.72. The first-order valence-electron chi connectivity index (χ1n) is 5.22. The van der Waals surface area contributed by atoms with E-state index in [4.69, 9.17) is 5.73 Å². The summed E-state index contributed by atoms with van der Waals surface area (Å²) in [5.41, 5.74) is 8.60. The molecule has 0 spiro atoms. The molecule has 0 amide bonds. The number of halogens is 1. The standard InChI is InChI=1S/C13H10FN3/c14-9-2-1-8-5-13(17-12(8)6-9)11-4-3-10(15)7-16-11/h1-7,17H,15H2. The molecule has 3 rings (SSSR count). The third kappa shape index (κ3) is 1.73. The molecule has 17 heavy (non-hydrogen) atoms. The zero-order valence-electron chi connectivity index (χ0n) is 8.94. The minimum Gasteiger partial charge on any atom is -0.397 e. The maximum absolute atomic E-state index is 13.0. The van der Waals surface area contributed by atoms with Gasteiger partial charge in [0.15, 0.2) is 0 Å². The van der Waals surface area contributed by atoms with Crippen LogP contribution in [0.25, 0.3) is 22.3 Å². The second-order valence-corrected chi connectivity index (χ2v) is 3.89. The van der Waals surface area contributed by atoms with Crippen LogP contribution >= 0.6 is 0 Å². The number of H-pyrrole nitrogens is 1. The van der Waals surface area contributed by atoms with Crippen LogP contribution in [0.1, 0.15) is 0 Å². The van der Waals surface area contributed by atoms with E-state index in [1.54, 1.807) is 18.3 Å². The van der Waals surface area contributed by atoms with Gasteiger partial charge < -0.3 is 10.7 Å². The zero-order chi connectivity index (χ0) is 11.8. The van der Waals surface area contributed by atoms with Crippen molar-refractivity contribution in [2.45, 2.75) is 0 Å². The Kier molecular flexibility index (Phi) is 2.08. The van der Waals surface area contributed by atoms with Gasteiger partial charge in [-0.15, -0.1) is 0 Å². The topological polar surface area (TPSA) is 54.7 Å². The first kappa shape index (κ1) is 9.84. The van der Waals surface area contributed by atoms with Gasteiger partial charge in [-0.3, -0.25) is 4.98 Å². The lowest BCUT2D eigenvalue weighted by molar-refractivity contribution is 0.629. The number of nitrogens with zero attached hydrogens (tertiary/aromatic N) is 1. The van der Waals surface area contributed by atoms with Gasteiger partial charge in [-0.25, -0.2) is 4.39 Å². The van der Waals surface area contributed by atoms with Crippen molar-refractivity contribution in [2.24, 2.45) is 0 Å². The fourth-order valence-corrected chi connectivity index (χ4v) is 1.80. The zero-order valence-corrected chi connectivity index (χ0v) is 8.94. The molecule has 84 valence electrons. The summed E-state index contributed by atoms with van der Waals surface area (Å²) in [6.45, 7) is 0. The van der Waals surface area contributed by atoms with Crippen molar-refractivity contribution in [1.29, 1.82) is 0 Å². The number of anilines is 1. The van der Waals surface area contributed by atoms with Crippen LogP contribution in [0.4, 0.5) is 10.1 Å². The predicted molar refractivity (Wildman–Crippen MR) is 65.9 cm³/mol. The molecule has 0 atom stereocenters. The number of hydrogen-bond acceptors (Lipinski definition) is 2. The molecule has 2 aromatic heterocycles. The van der Waals surface area contributed by atoms with Crippen LogP contribution < -0.4 is 5.73 Å². The van der Waals surface area contributed by atoms with E-state index >= 15 is 0 Å². The lowest BCUT2D eigenvalue weighted by Gasteiger charge is -1.96. The summed E-state index contributed by atoms with van der Waals surface area (Å²) in [7, 11) is 0. The Balaban J connectivity index is 2.14. The summed E-state index contributed by atoms with van der Waals surface area (Å²) in [6, 6.07) is 10.2. The Bertz CT molecular complexity index is 671. The molecule has 0 fully saturated rings. The smallest absolute Gasteiger partial charge is 0.125 e. The van der Waals surface area contributed by atoms with E-state index < -0.39 is 0 Å². The monoisotopic (exact) mass is 227 g/mol. The molecule has 0 saturated heterocycles. The summed E-state index contributed by atoms with van der Waals surface area (Å²) in [5, 5.41) is 0.958. The van der Waals surface area contributed by atoms with Crippen molar-refractivity contribution in [2.75, 3.05) is 5.73 Å². The highest BCUT2D eigenvalue weighted by Crippen LogP contribution is 2.23. The van der Waals surface area contributed by atoms with Crippen LogP contribution in [0.2, 0.25) is 0 Å². The van der Waals surface area contributed by atoms with Crippen molar-refractivity contribution in [3.05, 3.63) is 48.4 Å². The molecule has 0 aliphatic carbocycles. The number of aromatic nitrogens is 2. The molecule has 4 heteroatoms. The van der Waals surface area contributed by atoms with Gasteiger partial charge in [-0.1, -0.05) is 0 Å². The van der Waals surface area contributed by atoms with Crippen molar-refractivity contribution >= 4 is 16.6 Å². The molecule has 1 aromatic carbocycles. The molecule has 2 heterocycles. The van der Waals surface area contributed by atoms with Gasteiger partial charge in [0, 0.05) is 10.9 Å². The Labute approximate surface area is 97.1 Å². The van der Waals surface area contributed by atoms with Gasteiger partial charge in [0.05, 0.1) is 23.3 Å². The molecule has 3 aromatic rings. The van der Waals surface area contributed by atoms with Crippen molar-refractivity contribution in [3.63, 3.8) is 0 Å². The predicted octanol–water partition coefficient (Wildman–Crippen LogP) is 2.95. The van der Waals surface area contributed by atoms with E-state index in [-0.39, 0.29) is 5.82 Å². The second-order valence-electron chi connectivity index (χ2n) is 3.89. The third-order valence-corrected chi connectivity index (χ3v) is 2.65. The van der Waals surface area contributed by atoms with Gasteiger partial charge in [0.25, 0.3) is 0 Å². The molecule has 3 N–H and O–H groups in total. The number of nitrogen functional groups attached to an aromatic ring is 1. The first-order chi connectivity index (χ1) is 8.22. The number of benzene rings is 1. The second kappa shape index (κ2) is 3.59. The number of aromatic amines is 1. The summed E-state index contributed by atoms with van der Waals surface area (Å²) in [6.07, 6.45) is 1.60. The van der Waals surface area contributed by atoms with E-state index in [0.717, 1.165) is 22.3 Å². The van der Waals surface area contributed by atoms with E-state index in [0.29, 0.717) is 5.69 Å². The van der Waals surface area contributed by atoms with Gasteiger partial charge in [-0.05, 0) is 36.4 Å². The van der Waals surface area contributed by atoms with Gasteiger partial charge in [-0.2, -0.15) is 0 Å². The van der Waals surface area contributed by atoms with Crippen molar-refractivity contribution in [3.8, 4) is 11.4 Å². The molecule has 0 radical (unpaired) electrons. The van der Waals surface area contributed by atoms with Crippen LogP contribution in [0, 0.1) is 5.82 Å². The molecule has 0 saturated carbocycles. The summed E-state index contributed by atoms with van der Waals surface area (Å²) in [4.78, 5) is 7.35. The molecule has 0 aliphatic rings. The maximum atomic E-state index is 13.0. The Morgan fingerprint density at radius 1 is 1.12 bits per heavy atom. The Hall–Kier alpha value is -2.36. The summed E-state index contributed by atoms with van der Waals surface area (Å²) >= 11 is 0. The molecule has 0 unspecified atom stereocenters. The molecule has 0 bridgehead atoms. The lowest BCUT2D eigenvalue weighted by Crippen LogP contribution is -1.87. The fourth-order valence-electron chi connectivity index (χ4n) is 1.80. The van der Waals surface area contributed by atoms with Gasteiger partial charge >= 0.3 is 0 Å². The van der Waals surface area contributed by atoms with Crippen LogP contribution in [0.5, 0.6) is 0 Å². The molecular formula is C13H10FN3. The van der Waals surface area contributed by atoms with Crippen LogP contribution in [-0.4, -0.2) is 9.97 Å². The minimum atomic E-state index is -0.254. The number of nitrogens with two attached hydrogens (primary N) is 1. The average molecular weight is 227 g/mol. The highest BCUT2D eigenvalue weighted by molar-refractivity contribution is 5.85. The van der Waals surface area contributed by atoms with Crippen LogP contribution in [-0.2, 0) is 0 Å².